The predicted molar refractivity (Wildman–Crippen MR) is 84.2 cm³/mol. The van der Waals surface area contributed by atoms with Gasteiger partial charge in [0.2, 0.25) is 0 Å². The minimum Gasteiger partial charge on any atom is -0.492 e. The van der Waals surface area contributed by atoms with Crippen LogP contribution < -0.4 is 4.74 Å². The van der Waals surface area contributed by atoms with Gasteiger partial charge in [-0.3, -0.25) is 4.79 Å². The van der Waals surface area contributed by atoms with E-state index in [4.69, 9.17) is 4.74 Å². The number of benzene rings is 2. The van der Waals surface area contributed by atoms with Crippen LogP contribution in [0.5, 0.6) is 5.75 Å². The smallest absolute Gasteiger partial charge is 0.196 e. The molecule has 1 aliphatic heterocycles. The van der Waals surface area contributed by atoms with Crippen molar-refractivity contribution in [2.45, 2.75) is 32.6 Å². The van der Waals surface area contributed by atoms with Crippen molar-refractivity contribution in [3.8, 4) is 5.75 Å². The molecule has 0 N–H and O–H groups in total. The Morgan fingerprint density at radius 2 is 1.76 bits per heavy atom. The first kappa shape index (κ1) is 13.9. The standard InChI is InChI=1S/C19H20O2/c1-19(2,3)15-9-7-13(8-10-15)17(20)16-6-4-5-14-11-12-21-18(14)16/h4-10H,11-12H2,1-3H3. The maximum absolute atomic E-state index is 12.7. The molecule has 0 aliphatic carbocycles. The van der Waals surface area contributed by atoms with Crippen molar-refractivity contribution in [1.29, 1.82) is 0 Å². The van der Waals surface area contributed by atoms with Crippen molar-refractivity contribution < 1.29 is 9.53 Å². The van der Waals surface area contributed by atoms with Gasteiger partial charge in [-0.2, -0.15) is 0 Å². The molecule has 0 saturated heterocycles. The summed E-state index contributed by atoms with van der Waals surface area (Å²) in [5.74, 6) is 0.802. The van der Waals surface area contributed by atoms with Crippen LogP contribution in [0.2, 0.25) is 0 Å². The van der Waals surface area contributed by atoms with Crippen molar-refractivity contribution in [2.75, 3.05) is 6.61 Å². The van der Waals surface area contributed by atoms with E-state index in [9.17, 15) is 4.79 Å². The van der Waals surface area contributed by atoms with Gasteiger partial charge in [-0.1, -0.05) is 57.2 Å². The molecule has 1 heterocycles. The van der Waals surface area contributed by atoms with Crippen molar-refractivity contribution >= 4 is 5.78 Å². The molecular formula is C19H20O2. The predicted octanol–water partition coefficient (Wildman–Crippen LogP) is 4.15. The Morgan fingerprint density at radius 1 is 1.05 bits per heavy atom. The first-order valence-electron chi connectivity index (χ1n) is 7.37. The van der Waals surface area contributed by atoms with Gasteiger partial charge < -0.3 is 4.74 Å². The molecule has 21 heavy (non-hydrogen) atoms. The highest BCUT2D eigenvalue weighted by molar-refractivity contribution is 6.11. The molecule has 0 fully saturated rings. The molecule has 0 atom stereocenters. The van der Waals surface area contributed by atoms with Crippen LogP contribution in [0.15, 0.2) is 42.5 Å². The van der Waals surface area contributed by atoms with Crippen LogP contribution in [-0.4, -0.2) is 12.4 Å². The summed E-state index contributed by atoms with van der Waals surface area (Å²) >= 11 is 0. The lowest BCUT2D eigenvalue weighted by atomic mass is 9.86. The lowest BCUT2D eigenvalue weighted by Gasteiger charge is -2.19. The summed E-state index contributed by atoms with van der Waals surface area (Å²) in [6, 6.07) is 13.7. The number of fused-ring (bicyclic) bond motifs is 1. The molecular weight excluding hydrogens is 260 g/mol. The molecule has 0 amide bonds. The maximum Gasteiger partial charge on any atom is 0.196 e. The van der Waals surface area contributed by atoms with E-state index in [2.05, 4.69) is 20.8 Å². The van der Waals surface area contributed by atoms with Crippen molar-refractivity contribution in [3.63, 3.8) is 0 Å². The number of ketones is 1. The second-order valence-electron chi connectivity index (χ2n) is 6.55. The van der Waals surface area contributed by atoms with Gasteiger partial charge in [-0.15, -0.1) is 0 Å². The third-order valence-corrected chi connectivity index (χ3v) is 3.97. The van der Waals surface area contributed by atoms with E-state index in [1.54, 1.807) is 0 Å². The minimum atomic E-state index is 0.0363. The third-order valence-electron chi connectivity index (χ3n) is 3.97. The van der Waals surface area contributed by atoms with Gasteiger partial charge in [0.05, 0.1) is 12.2 Å². The number of para-hydroxylation sites is 1. The van der Waals surface area contributed by atoms with E-state index in [1.807, 2.05) is 42.5 Å². The summed E-state index contributed by atoms with van der Waals surface area (Å²) in [5.41, 5.74) is 3.85. The molecule has 108 valence electrons. The van der Waals surface area contributed by atoms with Crippen LogP contribution in [-0.2, 0) is 11.8 Å². The Morgan fingerprint density at radius 3 is 2.43 bits per heavy atom. The fourth-order valence-electron chi connectivity index (χ4n) is 2.67. The Balaban J connectivity index is 1.95. The second-order valence-corrected chi connectivity index (χ2v) is 6.55. The van der Waals surface area contributed by atoms with Crippen molar-refractivity contribution in [3.05, 3.63) is 64.7 Å². The molecule has 0 unspecified atom stereocenters. The lowest BCUT2D eigenvalue weighted by molar-refractivity contribution is 0.103. The van der Waals surface area contributed by atoms with Crippen LogP contribution in [0, 0.1) is 0 Å². The van der Waals surface area contributed by atoms with E-state index in [0.29, 0.717) is 17.7 Å². The topological polar surface area (TPSA) is 26.3 Å². The zero-order chi connectivity index (χ0) is 15.0. The van der Waals surface area contributed by atoms with E-state index in [1.165, 1.54) is 5.56 Å². The lowest BCUT2D eigenvalue weighted by Crippen LogP contribution is -2.11. The molecule has 2 heteroatoms. The van der Waals surface area contributed by atoms with E-state index in [-0.39, 0.29) is 11.2 Å². The van der Waals surface area contributed by atoms with Crippen LogP contribution >= 0.6 is 0 Å². The van der Waals surface area contributed by atoms with Crippen molar-refractivity contribution in [1.82, 2.24) is 0 Å². The first-order valence-corrected chi connectivity index (χ1v) is 7.37. The molecule has 1 aliphatic rings. The molecule has 0 bridgehead atoms. The van der Waals surface area contributed by atoms with Gasteiger partial charge in [0, 0.05) is 12.0 Å². The highest BCUT2D eigenvalue weighted by atomic mass is 16.5. The number of carbonyl (C=O) groups is 1. The van der Waals surface area contributed by atoms with Gasteiger partial charge in [-0.25, -0.2) is 0 Å². The Bertz CT molecular complexity index is 676. The number of rotatable bonds is 2. The van der Waals surface area contributed by atoms with Crippen molar-refractivity contribution in [2.24, 2.45) is 0 Å². The van der Waals surface area contributed by atoms with E-state index < -0.39 is 0 Å². The summed E-state index contributed by atoms with van der Waals surface area (Å²) in [5, 5.41) is 0. The Kier molecular flexibility index (Phi) is 3.32. The molecule has 3 rings (SSSR count). The van der Waals surface area contributed by atoms with E-state index in [0.717, 1.165) is 17.7 Å². The Labute approximate surface area is 125 Å². The molecule has 0 spiro atoms. The fourth-order valence-corrected chi connectivity index (χ4v) is 2.67. The van der Waals surface area contributed by atoms with Gasteiger partial charge in [0.1, 0.15) is 5.75 Å². The van der Waals surface area contributed by atoms with Crippen LogP contribution in [0.3, 0.4) is 0 Å². The zero-order valence-electron chi connectivity index (χ0n) is 12.8. The largest absolute Gasteiger partial charge is 0.492 e. The first-order chi connectivity index (χ1) is 9.97. The van der Waals surface area contributed by atoms with Gasteiger partial charge in [-0.05, 0) is 22.6 Å². The highest BCUT2D eigenvalue weighted by Gasteiger charge is 2.22. The van der Waals surface area contributed by atoms with Gasteiger partial charge >= 0.3 is 0 Å². The highest BCUT2D eigenvalue weighted by Crippen LogP contribution is 2.31. The van der Waals surface area contributed by atoms with Crippen LogP contribution in [0.25, 0.3) is 0 Å². The molecule has 0 saturated carbocycles. The third kappa shape index (κ3) is 2.58. The number of carbonyl (C=O) groups excluding carboxylic acids is 1. The molecule has 2 aromatic rings. The van der Waals surface area contributed by atoms with Crippen LogP contribution in [0.4, 0.5) is 0 Å². The molecule has 0 radical (unpaired) electrons. The minimum absolute atomic E-state index is 0.0363. The molecule has 2 aromatic carbocycles. The molecule has 2 nitrogen and oxygen atoms in total. The summed E-state index contributed by atoms with van der Waals surface area (Å²) < 4.78 is 5.63. The van der Waals surface area contributed by atoms with Gasteiger partial charge in [0.25, 0.3) is 0 Å². The van der Waals surface area contributed by atoms with Crippen LogP contribution in [0.1, 0.15) is 47.8 Å². The maximum atomic E-state index is 12.7. The SMILES string of the molecule is CC(C)(C)c1ccc(C(=O)c2cccc3c2OCC3)cc1. The van der Waals surface area contributed by atoms with E-state index >= 15 is 0 Å². The number of ether oxygens (including phenoxy) is 1. The zero-order valence-corrected chi connectivity index (χ0v) is 12.8. The second kappa shape index (κ2) is 5.03. The quantitative estimate of drug-likeness (QED) is 0.772. The average molecular weight is 280 g/mol. The summed E-state index contributed by atoms with van der Waals surface area (Å²) in [4.78, 5) is 12.7. The number of hydrogen-bond acceptors (Lipinski definition) is 2. The monoisotopic (exact) mass is 280 g/mol. The summed E-state index contributed by atoms with van der Waals surface area (Å²) in [6.45, 7) is 7.17. The fraction of sp³-hybridized carbons (Fsp3) is 0.316. The average Bonchev–Trinajstić information content (AvgIpc) is 2.94. The Hall–Kier alpha value is -2.09. The summed E-state index contributed by atoms with van der Waals surface area (Å²) in [6.07, 6.45) is 0.888. The number of hydrogen-bond donors (Lipinski definition) is 0. The van der Waals surface area contributed by atoms with Gasteiger partial charge in [0.15, 0.2) is 5.78 Å². The normalized spacial score (nSPS) is 13.7. The molecule has 0 aromatic heterocycles. The summed E-state index contributed by atoms with van der Waals surface area (Å²) in [7, 11) is 0.